The van der Waals surface area contributed by atoms with Crippen molar-refractivity contribution in [1.29, 1.82) is 0 Å². The van der Waals surface area contributed by atoms with E-state index in [1.54, 1.807) is 29.5 Å². The van der Waals surface area contributed by atoms with Crippen molar-refractivity contribution in [2.24, 2.45) is 0 Å². The fourth-order valence-corrected chi connectivity index (χ4v) is 3.08. The van der Waals surface area contributed by atoms with Gasteiger partial charge in [-0.1, -0.05) is 29.3 Å². The summed E-state index contributed by atoms with van der Waals surface area (Å²) in [5.74, 6) is -0.353. The minimum atomic E-state index is -0.233. The van der Waals surface area contributed by atoms with E-state index in [4.69, 9.17) is 34.8 Å². The number of rotatable bonds is 4. The van der Waals surface area contributed by atoms with Crippen LogP contribution < -0.4 is 4.90 Å². The number of thiophene rings is 1. The van der Waals surface area contributed by atoms with E-state index in [1.165, 1.54) is 4.90 Å². The topological polar surface area (TPSA) is 20.3 Å². The second-order valence-electron chi connectivity index (χ2n) is 3.82. The van der Waals surface area contributed by atoms with Gasteiger partial charge in [0.25, 0.3) is 0 Å². The molecule has 1 aromatic heterocycles. The van der Waals surface area contributed by atoms with Crippen LogP contribution in [-0.4, -0.2) is 11.8 Å². The molecule has 2 rings (SSSR count). The monoisotopic (exact) mass is 333 g/mol. The zero-order chi connectivity index (χ0) is 13.8. The van der Waals surface area contributed by atoms with Crippen LogP contribution in [0.3, 0.4) is 0 Å². The standard InChI is InChI=1S/C13H10Cl3NOS/c14-6-12(18)17(7-9-4-5-19-8-9)13-10(15)2-1-3-11(13)16/h1-5,8H,6-7H2. The number of carbonyl (C=O) groups excluding carboxylic acids is 1. The van der Waals surface area contributed by atoms with Crippen LogP contribution in [0.1, 0.15) is 5.56 Å². The summed E-state index contributed by atoms with van der Waals surface area (Å²) in [5.41, 5.74) is 1.52. The van der Waals surface area contributed by atoms with Gasteiger partial charge in [-0.25, -0.2) is 0 Å². The van der Waals surface area contributed by atoms with Crippen molar-refractivity contribution < 1.29 is 4.79 Å². The van der Waals surface area contributed by atoms with E-state index in [0.717, 1.165) is 5.56 Å². The third-order valence-corrected chi connectivity index (χ3v) is 4.11. The van der Waals surface area contributed by atoms with Gasteiger partial charge in [0, 0.05) is 0 Å². The number of benzene rings is 1. The van der Waals surface area contributed by atoms with Gasteiger partial charge in [-0.05, 0) is 34.5 Å². The summed E-state index contributed by atoms with van der Waals surface area (Å²) in [6.45, 7) is 0.401. The van der Waals surface area contributed by atoms with Crippen molar-refractivity contribution in [2.45, 2.75) is 6.54 Å². The van der Waals surface area contributed by atoms with Crippen molar-refractivity contribution >= 4 is 57.7 Å². The second-order valence-corrected chi connectivity index (χ2v) is 5.68. The Morgan fingerprint density at radius 3 is 2.42 bits per heavy atom. The van der Waals surface area contributed by atoms with Gasteiger partial charge in [0.2, 0.25) is 5.91 Å². The number of carbonyl (C=O) groups is 1. The Morgan fingerprint density at radius 1 is 1.21 bits per heavy atom. The number of amides is 1. The number of anilines is 1. The number of hydrogen-bond donors (Lipinski definition) is 0. The van der Waals surface area contributed by atoms with Crippen LogP contribution in [0.5, 0.6) is 0 Å². The lowest BCUT2D eigenvalue weighted by molar-refractivity contribution is -0.116. The Kier molecular flexibility index (Phi) is 5.11. The third kappa shape index (κ3) is 3.42. The molecule has 2 nitrogen and oxygen atoms in total. The van der Waals surface area contributed by atoms with E-state index in [9.17, 15) is 4.79 Å². The average molecular weight is 335 g/mol. The molecule has 0 aliphatic rings. The molecule has 0 radical (unpaired) electrons. The molecule has 100 valence electrons. The lowest BCUT2D eigenvalue weighted by atomic mass is 10.2. The van der Waals surface area contributed by atoms with E-state index < -0.39 is 0 Å². The Morgan fingerprint density at radius 2 is 1.89 bits per heavy atom. The van der Waals surface area contributed by atoms with Crippen molar-refractivity contribution in [3.63, 3.8) is 0 Å². The molecule has 0 aliphatic carbocycles. The number of hydrogen-bond acceptors (Lipinski definition) is 2. The molecule has 1 aromatic carbocycles. The predicted molar refractivity (Wildman–Crippen MR) is 82.7 cm³/mol. The molecule has 0 bridgehead atoms. The number of halogens is 3. The summed E-state index contributed by atoms with van der Waals surface area (Å²) in [6.07, 6.45) is 0. The molecular weight excluding hydrogens is 325 g/mol. The van der Waals surface area contributed by atoms with Gasteiger partial charge >= 0.3 is 0 Å². The first-order valence-corrected chi connectivity index (χ1v) is 7.68. The molecule has 0 N–H and O–H groups in total. The van der Waals surface area contributed by atoms with E-state index >= 15 is 0 Å². The first-order chi connectivity index (χ1) is 9.13. The minimum Gasteiger partial charge on any atom is -0.304 e. The van der Waals surface area contributed by atoms with Crippen molar-refractivity contribution in [3.05, 3.63) is 50.6 Å². The van der Waals surface area contributed by atoms with Crippen molar-refractivity contribution in [3.8, 4) is 0 Å². The average Bonchev–Trinajstić information content (AvgIpc) is 2.89. The van der Waals surface area contributed by atoms with Crippen LogP contribution in [0.2, 0.25) is 10.0 Å². The van der Waals surface area contributed by atoms with Crippen LogP contribution >= 0.6 is 46.1 Å². The Bertz CT molecular complexity index is 551. The Hall–Kier alpha value is -0.740. The van der Waals surface area contributed by atoms with Crippen molar-refractivity contribution in [2.75, 3.05) is 10.8 Å². The molecule has 0 unspecified atom stereocenters. The fourth-order valence-electron chi connectivity index (χ4n) is 1.68. The van der Waals surface area contributed by atoms with E-state index in [0.29, 0.717) is 22.3 Å². The largest absolute Gasteiger partial charge is 0.304 e. The van der Waals surface area contributed by atoms with Crippen molar-refractivity contribution in [1.82, 2.24) is 0 Å². The second kappa shape index (κ2) is 6.62. The highest BCUT2D eigenvalue weighted by atomic mass is 35.5. The zero-order valence-electron chi connectivity index (χ0n) is 9.78. The van der Waals surface area contributed by atoms with Gasteiger partial charge in [0.05, 0.1) is 22.3 Å². The lowest BCUT2D eigenvalue weighted by Gasteiger charge is -2.23. The summed E-state index contributed by atoms with van der Waals surface area (Å²) in [5, 5.41) is 4.79. The van der Waals surface area contributed by atoms with Gasteiger partial charge in [0.15, 0.2) is 0 Å². The zero-order valence-corrected chi connectivity index (χ0v) is 12.9. The first-order valence-electron chi connectivity index (χ1n) is 5.45. The maximum atomic E-state index is 12.0. The molecule has 19 heavy (non-hydrogen) atoms. The Balaban J connectivity index is 2.40. The van der Waals surface area contributed by atoms with Gasteiger partial charge in [-0.2, -0.15) is 11.3 Å². The number of alkyl halides is 1. The van der Waals surface area contributed by atoms with E-state index in [2.05, 4.69) is 0 Å². The summed E-state index contributed by atoms with van der Waals surface area (Å²) in [6, 6.07) is 7.09. The molecule has 0 saturated heterocycles. The molecule has 0 saturated carbocycles. The fraction of sp³-hybridized carbons (Fsp3) is 0.154. The maximum Gasteiger partial charge on any atom is 0.242 e. The normalized spacial score (nSPS) is 10.5. The van der Waals surface area contributed by atoms with E-state index in [1.807, 2.05) is 16.8 Å². The van der Waals surface area contributed by atoms with Crippen LogP contribution in [-0.2, 0) is 11.3 Å². The number of para-hydroxylation sites is 1. The highest BCUT2D eigenvalue weighted by Crippen LogP contribution is 2.34. The summed E-state index contributed by atoms with van der Waals surface area (Å²) in [7, 11) is 0. The van der Waals surface area contributed by atoms with Crippen LogP contribution in [0.4, 0.5) is 5.69 Å². The quantitative estimate of drug-likeness (QED) is 0.734. The molecule has 1 amide bonds. The molecule has 1 heterocycles. The smallest absolute Gasteiger partial charge is 0.242 e. The van der Waals surface area contributed by atoms with Gasteiger partial charge in [-0.3, -0.25) is 4.79 Å². The number of nitrogens with zero attached hydrogens (tertiary/aromatic N) is 1. The molecule has 0 aliphatic heterocycles. The summed E-state index contributed by atoms with van der Waals surface area (Å²) >= 11 is 19.5. The molecule has 0 fully saturated rings. The molecule has 0 atom stereocenters. The highest BCUT2D eigenvalue weighted by molar-refractivity contribution is 7.07. The van der Waals surface area contributed by atoms with Gasteiger partial charge in [-0.15, -0.1) is 11.6 Å². The first kappa shape index (κ1) is 14.7. The molecular formula is C13H10Cl3NOS. The van der Waals surface area contributed by atoms with Crippen LogP contribution in [0, 0.1) is 0 Å². The van der Waals surface area contributed by atoms with Gasteiger partial charge in [0.1, 0.15) is 5.88 Å². The maximum absolute atomic E-state index is 12.0. The SMILES string of the molecule is O=C(CCl)N(Cc1ccsc1)c1c(Cl)cccc1Cl. The van der Waals surface area contributed by atoms with Gasteiger partial charge < -0.3 is 4.90 Å². The summed E-state index contributed by atoms with van der Waals surface area (Å²) < 4.78 is 0. The Labute approximate surface area is 130 Å². The van der Waals surface area contributed by atoms with Crippen LogP contribution in [0.25, 0.3) is 0 Å². The molecule has 2 aromatic rings. The summed E-state index contributed by atoms with van der Waals surface area (Å²) in [4.78, 5) is 13.5. The minimum absolute atomic E-state index is 0.119. The highest BCUT2D eigenvalue weighted by Gasteiger charge is 2.20. The van der Waals surface area contributed by atoms with E-state index in [-0.39, 0.29) is 11.8 Å². The van der Waals surface area contributed by atoms with Crippen LogP contribution in [0.15, 0.2) is 35.0 Å². The predicted octanol–water partition coefficient (Wildman–Crippen LogP) is 4.83. The molecule has 0 spiro atoms. The third-order valence-electron chi connectivity index (χ3n) is 2.54. The lowest BCUT2D eigenvalue weighted by Crippen LogP contribution is -2.31. The molecule has 6 heteroatoms.